The molecule has 0 bridgehead atoms. The number of nitrogens with zero attached hydrogens (tertiary/aromatic N) is 2. The van der Waals surface area contributed by atoms with Crippen molar-refractivity contribution in [2.24, 2.45) is 4.99 Å². The van der Waals surface area contributed by atoms with Gasteiger partial charge in [-0.15, -0.1) is 0 Å². The van der Waals surface area contributed by atoms with Crippen molar-refractivity contribution in [3.8, 4) is 0 Å². The SMILES string of the molecule is CC(=O)Nc1ncc(/C=C2\S/C(=N\Cc3cccc(Cl)c3)NC2=O)s1. The van der Waals surface area contributed by atoms with Crippen molar-refractivity contribution in [2.75, 3.05) is 5.32 Å². The maximum absolute atomic E-state index is 12.1. The molecule has 2 amide bonds. The van der Waals surface area contributed by atoms with Crippen LogP contribution in [0.2, 0.25) is 5.02 Å². The average Bonchev–Trinajstić information content (AvgIpc) is 3.12. The standard InChI is InChI=1S/C16H13ClN4O2S2/c1-9(22)20-15-19-8-12(24-15)6-13-14(23)21-16(25-13)18-7-10-3-2-4-11(17)5-10/h2-6,8H,7H2,1H3,(H,18,21,23)(H,19,20,22)/b13-6-. The monoisotopic (exact) mass is 392 g/mol. The van der Waals surface area contributed by atoms with Gasteiger partial charge in [0, 0.05) is 18.1 Å². The molecule has 1 aromatic carbocycles. The fourth-order valence-electron chi connectivity index (χ4n) is 1.99. The molecule has 0 atom stereocenters. The van der Waals surface area contributed by atoms with E-state index in [4.69, 9.17) is 11.6 Å². The first-order chi connectivity index (χ1) is 12.0. The molecule has 2 heterocycles. The summed E-state index contributed by atoms with van der Waals surface area (Å²) >= 11 is 8.51. The van der Waals surface area contributed by atoms with E-state index in [0.29, 0.717) is 26.8 Å². The maximum Gasteiger partial charge on any atom is 0.264 e. The van der Waals surface area contributed by atoms with Crippen LogP contribution in [-0.4, -0.2) is 22.0 Å². The Morgan fingerprint density at radius 2 is 2.32 bits per heavy atom. The molecule has 2 aromatic rings. The summed E-state index contributed by atoms with van der Waals surface area (Å²) in [5.74, 6) is -0.388. The van der Waals surface area contributed by atoms with Gasteiger partial charge in [0.2, 0.25) is 5.91 Å². The van der Waals surface area contributed by atoms with Gasteiger partial charge in [-0.05, 0) is 35.5 Å². The van der Waals surface area contributed by atoms with Gasteiger partial charge in [-0.1, -0.05) is 35.1 Å². The van der Waals surface area contributed by atoms with Gasteiger partial charge in [0.25, 0.3) is 5.91 Å². The van der Waals surface area contributed by atoms with Crippen LogP contribution in [0.25, 0.3) is 6.08 Å². The average molecular weight is 393 g/mol. The number of benzene rings is 1. The quantitative estimate of drug-likeness (QED) is 0.780. The number of carbonyl (C=O) groups is 2. The van der Waals surface area contributed by atoms with Crippen molar-refractivity contribution in [2.45, 2.75) is 13.5 Å². The zero-order chi connectivity index (χ0) is 17.8. The largest absolute Gasteiger partial charge is 0.302 e. The van der Waals surface area contributed by atoms with Crippen molar-refractivity contribution in [3.63, 3.8) is 0 Å². The van der Waals surface area contributed by atoms with Gasteiger partial charge >= 0.3 is 0 Å². The minimum atomic E-state index is -0.204. The smallest absolute Gasteiger partial charge is 0.264 e. The van der Waals surface area contributed by atoms with Gasteiger partial charge in [0.1, 0.15) is 0 Å². The van der Waals surface area contributed by atoms with Gasteiger partial charge in [0.15, 0.2) is 10.3 Å². The molecule has 25 heavy (non-hydrogen) atoms. The lowest BCUT2D eigenvalue weighted by atomic mass is 10.2. The fourth-order valence-corrected chi connectivity index (χ4v) is 3.89. The molecule has 0 radical (unpaired) electrons. The number of thioether (sulfide) groups is 1. The predicted molar refractivity (Wildman–Crippen MR) is 103 cm³/mol. The number of halogens is 1. The van der Waals surface area contributed by atoms with Crippen LogP contribution in [0.5, 0.6) is 0 Å². The number of thiazole rings is 1. The topological polar surface area (TPSA) is 83.4 Å². The van der Waals surface area contributed by atoms with Gasteiger partial charge in [0.05, 0.1) is 16.3 Å². The van der Waals surface area contributed by atoms with Crippen molar-refractivity contribution in [1.82, 2.24) is 10.3 Å². The minimum Gasteiger partial charge on any atom is -0.302 e. The second-order valence-electron chi connectivity index (χ2n) is 5.07. The van der Waals surface area contributed by atoms with Gasteiger partial charge in [-0.25, -0.2) is 4.98 Å². The van der Waals surface area contributed by atoms with Crippen LogP contribution in [0.3, 0.4) is 0 Å². The summed E-state index contributed by atoms with van der Waals surface area (Å²) in [4.78, 5) is 32.9. The Labute approximate surface area is 157 Å². The molecule has 0 aliphatic carbocycles. The highest BCUT2D eigenvalue weighted by atomic mass is 35.5. The number of aromatic nitrogens is 1. The molecule has 0 spiro atoms. The third-order valence-electron chi connectivity index (χ3n) is 3.03. The second-order valence-corrected chi connectivity index (χ2v) is 7.59. The molecule has 128 valence electrons. The zero-order valence-corrected chi connectivity index (χ0v) is 15.5. The lowest BCUT2D eigenvalue weighted by Crippen LogP contribution is -2.19. The van der Waals surface area contributed by atoms with Gasteiger partial charge in [-0.3, -0.25) is 14.6 Å². The van der Waals surface area contributed by atoms with E-state index >= 15 is 0 Å². The van der Waals surface area contributed by atoms with Crippen molar-refractivity contribution < 1.29 is 9.59 Å². The Morgan fingerprint density at radius 1 is 1.48 bits per heavy atom. The summed E-state index contributed by atoms with van der Waals surface area (Å²) < 4.78 is 0. The number of amidine groups is 1. The zero-order valence-electron chi connectivity index (χ0n) is 13.1. The molecule has 1 fully saturated rings. The summed E-state index contributed by atoms with van der Waals surface area (Å²) in [6.07, 6.45) is 3.34. The summed E-state index contributed by atoms with van der Waals surface area (Å²) in [6.45, 7) is 1.85. The Hall–Kier alpha value is -2.16. The molecule has 0 unspecified atom stereocenters. The highest BCUT2D eigenvalue weighted by Gasteiger charge is 2.23. The van der Waals surface area contributed by atoms with E-state index < -0.39 is 0 Å². The summed E-state index contributed by atoms with van der Waals surface area (Å²) in [5, 5.41) is 7.04. The minimum absolute atomic E-state index is 0.183. The summed E-state index contributed by atoms with van der Waals surface area (Å²) in [6, 6.07) is 7.43. The van der Waals surface area contributed by atoms with E-state index in [1.807, 2.05) is 18.2 Å². The highest BCUT2D eigenvalue weighted by Crippen LogP contribution is 2.29. The Balaban J connectivity index is 1.68. The summed E-state index contributed by atoms with van der Waals surface area (Å²) in [5.41, 5.74) is 0.967. The molecule has 3 rings (SSSR count). The van der Waals surface area contributed by atoms with Crippen molar-refractivity contribution >= 4 is 62.9 Å². The van der Waals surface area contributed by atoms with Crippen molar-refractivity contribution in [1.29, 1.82) is 0 Å². The Morgan fingerprint density at radius 3 is 3.08 bits per heavy atom. The molecular formula is C16H13ClN4O2S2. The number of rotatable bonds is 4. The van der Waals surface area contributed by atoms with E-state index in [1.54, 1.807) is 18.3 Å². The lowest BCUT2D eigenvalue weighted by Gasteiger charge is -1.98. The summed E-state index contributed by atoms with van der Waals surface area (Å²) in [7, 11) is 0. The molecule has 9 heteroatoms. The van der Waals surface area contributed by atoms with E-state index in [-0.39, 0.29) is 11.8 Å². The van der Waals surface area contributed by atoms with E-state index in [0.717, 1.165) is 10.4 Å². The lowest BCUT2D eigenvalue weighted by molar-refractivity contribution is -0.115. The maximum atomic E-state index is 12.1. The van der Waals surface area contributed by atoms with Crippen LogP contribution in [0, 0.1) is 0 Å². The molecule has 2 N–H and O–H groups in total. The van der Waals surface area contributed by atoms with Crippen LogP contribution in [-0.2, 0) is 16.1 Å². The molecule has 1 aliphatic heterocycles. The van der Waals surface area contributed by atoms with Crippen LogP contribution in [0.4, 0.5) is 5.13 Å². The Kier molecular flexibility index (Phi) is 5.52. The number of amides is 2. The van der Waals surface area contributed by atoms with Crippen LogP contribution in [0.15, 0.2) is 40.4 Å². The van der Waals surface area contributed by atoms with E-state index in [9.17, 15) is 9.59 Å². The molecule has 1 saturated heterocycles. The van der Waals surface area contributed by atoms with Crippen molar-refractivity contribution in [3.05, 3.63) is 50.8 Å². The molecular weight excluding hydrogens is 380 g/mol. The van der Waals surface area contributed by atoms with E-state index in [2.05, 4.69) is 20.6 Å². The molecule has 0 saturated carbocycles. The second kappa shape index (κ2) is 7.81. The number of anilines is 1. The normalized spacial score (nSPS) is 17.1. The number of hydrogen-bond acceptors (Lipinski definition) is 6. The van der Waals surface area contributed by atoms with Gasteiger partial charge < -0.3 is 10.6 Å². The third kappa shape index (κ3) is 4.91. The number of nitrogens with one attached hydrogen (secondary N) is 2. The molecule has 1 aliphatic rings. The van der Waals surface area contributed by atoms with Crippen LogP contribution >= 0.6 is 34.7 Å². The Bertz CT molecular complexity index is 892. The highest BCUT2D eigenvalue weighted by molar-refractivity contribution is 8.18. The number of aliphatic imine (C=N–C) groups is 1. The van der Waals surface area contributed by atoms with Gasteiger partial charge in [-0.2, -0.15) is 0 Å². The number of hydrogen-bond donors (Lipinski definition) is 2. The van der Waals surface area contributed by atoms with Crippen LogP contribution < -0.4 is 10.6 Å². The third-order valence-corrected chi connectivity index (χ3v) is 5.07. The first kappa shape index (κ1) is 17.7. The van der Waals surface area contributed by atoms with E-state index in [1.165, 1.54) is 30.0 Å². The predicted octanol–water partition coefficient (Wildman–Crippen LogP) is 3.52. The molecule has 6 nitrogen and oxygen atoms in total. The first-order valence-electron chi connectivity index (χ1n) is 7.23. The fraction of sp³-hybridized carbons (Fsp3) is 0.125. The van der Waals surface area contributed by atoms with Crippen LogP contribution in [0.1, 0.15) is 17.4 Å². The molecule has 1 aromatic heterocycles. The first-order valence-corrected chi connectivity index (χ1v) is 9.24. The number of carbonyl (C=O) groups excluding carboxylic acids is 2.